The van der Waals surface area contributed by atoms with E-state index in [-0.39, 0.29) is 5.82 Å². The van der Waals surface area contributed by atoms with Crippen LogP contribution in [0.5, 0.6) is 0 Å². The Morgan fingerprint density at radius 2 is 2.00 bits per heavy atom. The van der Waals surface area contributed by atoms with Crippen molar-refractivity contribution in [1.29, 1.82) is 0 Å². The molecular weight excluding hydrogens is 325 g/mol. The van der Waals surface area contributed by atoms with Gasteiger partial charge in [-0.25, -0.2) is 4.39 Å². The minimum Gasteiger partial charge on any atom is -0.354 e. The lowest BCUT2D eigenvalue weighted by Gasteiger charge is -2.10. The van der Waals surface area contributed by atoms with Gasteiger partial charge in [0.2, 0.25) is 0 Å². The largest absolute Gasteiger partial charge is 0.354 e. The van der Waals surface area contributed by atoms with Gasteiger partial charge in [-0.1, -0.05) is 45.0 Å². The van der Waals surface area contributed by atoms with Gasteiger partial charge in [0.1, 0.15) is 5.82 Å². The smallest absolute Gasteiger partial charge is 0.123 e. The molecule has 26 heavy (non-hydrogen) atoms. The van der Waals surface area contributed by atoms with Gasteiger partial charge < -0.3 is 5.32 Å². The molecule has 1 unspecified atom stereocenters. The second kappa shape index (κ2) is 8.53. The van der Waals surface area contributed by atoms with Crippen LogP contribution in [-0.4, -0.2) is 10.2 Å². The topological polar surface area (TPSA) is 40.7 Å². The number of aromatic nitrogens is 2. The molecule has 2 aromatic carbocycles. The molecule has 3 rings (SSSR count). The summed E-state index contributed by atoms with van der Waals surface area (Å²) in [6, 6.07) is 10.4. The number of nitrogens with zero attached hydrogens (tertiary/aromatic N) is 1. The van der Waals surface area contributed by atoms with Gasteiger partial charge in [0.15, 0.2) is 0 Å². The Labute approximate surface area is 154 Å². The Morgan fingerprint density at radius 3 is 2.77 bits per heavy atom. The molecule has 3 nitrogen and oxygen atoms in total. The number of unbranched alkanes of at least 4 members (excludes halogenated alkanes) is 2. The average molecular weight is 349 g/mol. The number of rotatable bonds is 6. The first-order valence-corrected chi connectivity index (χ1v) is 9.17. The number of halogens is 1. The van der Waals surface area contributed by atoms with Crippen molar-refractivity contribution in [1.82, 2.24) is 10.2 Å². The quantitative estimate of drug-likeness (QED) is 0.422. The van der Waals surface area contributed by atoms with Crippen molar-refractivity contribution >= 4 is 22.3 Å². The number of hydrogen-bond donors (Lipinski definition) is 2. The summed E-state index contributed by atoms with van der Waals surface area (Å²) >= 11 is 0. The van der Waals surface area contributed by atoms with E-state index in [9.17, 15) is 4.39 Å². The highest BCUT2D eigenvalue weighted by Gasteiger charge is 2.06. The minimum absolute atomic E-state index is 0.248. The van der Waals surface area contributed by atoms with Gasteiger partial charge in [-0.3, -0.25) is 5.10 Å². The predicted molar refractivity (Wildman–Crippen MR) is 106 cm³/mol. The van der Waals surface area contributed by atoms with Crippen LogP contribution in [0.3, 0.4) is 0 Å². The zero-order valence-corrected chi connectivity index (χ0v) is 15.3. The fourth-order valence-corrected chi connectivity index (χ4v) is 2.86. The Bertz CT molecular complexity index is 916. The van der Waals surface area contributed by atoms with Crippen LogP contribution in [0.1, 0.15) is 45.1 Å². The second-order valence-electron chi connectivity index (χ2n) is 6.65. The van der Waals surface area contributed by atoms with Crippen molar-refractivity contribution < 1.29 is 4.39 Å². The standard InChI is InChI=1S/C22H24FN3/c1-3-4-5-6-16(2)7-8-17-13-22-18(15-24-26-22)14-21(17)25-20-11-9-19(23)10-12-20/h9-16,25H,3-6H2,1-2H3,(H,24,26). The van der Waals surface area contributed by atoms with E-state index in [0.717, 1.165) is 34.3 Å². The molecule has 0 saturated carbocycles. The summed E-state index contributed by atoms with van der Waals surface area (Å²) in [6.07, 6.45) is 6.60. The third-order valence-corrected chi connectivity index (χ3v) is 4.40. The van der Waals surface area contributed by atoms with Crippen LogP contribution >= 0.6 is 0 Å². The number of hydrogen-bond acceptors (Lipinski definition) is 2. The first kappa shape index (κ1) is 18.0. The Balaban J connectivity index is 1.86. The highest BCUT2D eigenvalue weighted by Crippen LogP contribution is 2.26. The molecule has 0 spiro atoms. The van der Waals surface area contributed by atoms with Crippen LogP contribution in [0.25, 0.3) is 10.9 Å². The number of nitrogens with one attached hydrogen (secondary N) is 2. The number of fused-ring (bicyclic) bond motifs is 1. The number of aromatic amines is 1. The van der Waals surface area contributed by atoms with Crippen molar-refractivity contribution in [3.63, 3.8) is 0 Å². The number of benzene rings is 2. The lowest BCUT2D eigenvalue weighted by atomic mass is 10.0. The Hall–Kier alpha value is -2.80. The van der Waals surface area contributed by atoms with Gasteiger partial charge >= 0.3 is 0 Å². The molecule has 0 aliphatic carbocycles. The summed E-state index contributed by atoms with van der Waals surface area (Å²) < 4.78 is 13.1. The zero-order chi connectivity index (χ0) is 18.4. The van der Waals surface area contributed by atoms with Crippen LogP contribution in [0.15, 0.2) is 42.6 Å². The van der Waals surface area contributed by atoms with Crippen LogP contribution < -0.4 is 5.32 Å². The molecule has 1 heterocycles. The number of H-pyrrole nitrogens is 1. The zero-order valence-electron chi connectivity index (χ0n) is 15.3. The molecule has 3 aromatic rings. The summed E-state index contributed by atoms with van der Waals surface area (Å²) in [5, 5.41) is 11.4. The fourth-order valence-electron chi connectivity index (χ4n) is 2.86. The van der Waals surface area contributed by atoms with Crippen molar-refractivity contribution in [2.24, 2.45) is 5.92 Å². The SMILES string of the molecule is CCCCCC(C)C#Cc1cc2[nH]ncc2cc1Nc1ccc(F)cc1. The monoisotopic (exact) mass is 349 g/mol. The summed E-state index contributed by atoms with van der Waals surface area (Å²) in [4.78, 5) is 0. The summed E-state index contributed by atoms with van der Waals surface area (Å²) in [5.74, 6) is 6.80. The molecule has 2 N–H and O–H groups in total. The van der Waals surface area contributed by atoms with Crippen molar-refractivity contribution in [3.05, 3.63) is 54.0 Å². The predicted octanol–water partition coefficient (Wildman–Crippen LogP) is 6.01. The second-order valence-corrected chi connectivity index (χ2v) is 6.65. The summed E-state index contributed by atoms with van der Waals surface area (Å²) in [7, 11) is 0. The van der Waals surface area contributed by atoms with E-state index in [1.807, 2.05) is 12.1 Å². The van der Waals surface area contributed by atoms with E-state index in [1.165, 1.54) is 31.4 Å². The molecule has 134 valence electrons. The van der Waals surface area contributed by atoms with Crippen LogP contribution in [0, 0.1) is 23.6 Å². The molecule has 0 amide bonds. The molecule has 1 atom stereocenters. The molecule has 4 heteroatoms. The summed E-state index contributed by atoms with van der Waals surface area (Å²) in [6.45, 7) is 4.38. The van der Waals surface area contributed by atoms with Crippen molar-refractivity contribution in [2.75, 3.05) is 5.32 Å². The molecule has 0 aliphatic rings. The maximum Gasteiger partial charge on any atom is 0.123 e. The first-order valence-electron chi connectivity index (χ1n) is 9.17. The highest BCUT2D eigenvalue weighted by molar-refractivity contribution is 5.86. The van der Waals surface area contributed by atoms with Crippen LogP contribution in [0.2, 0.25) is 0 Å². The van der Waals surface area contributed by atoms with Crippen molar-refractivity contribution in [3.8, 4) is 11.8 Å². The van der Waals surface area contributed by atoms with Gasteiger partial charge in [-0.05, 0) is 42.8 Å². The Kier molecular flexibility index (Phi) is 5.91. The molecule has 0 radical (unpaired) electrons. The van der Waals surface area contributed by atoms with Crippen LogP contribution in [-0.2, 0) is 0 Å². The Morgan fingerprint density at radius 1 is 1.19 bits per heavy atom. The highest BCUT2D eigenvalue weighted by atomic mass is 19.1. The minimum atomic E-state index is -0.248. The molecule has 1 aromatic heterocycles. The van der Waals surface area contributed by atoms with Crippen molar-refractivity contribution in [2.45, 2.75) is 39.5 Å². The van der Waals surface area contributed by atoms with Gasteiger partial charge in [-0.15, -0.1) is 0 Å². The first-order chi connectivity index (χ1) is 12.7. The van der Waals surface area contributed by atoms with Gasteiger partial charge in [0.25, 0.3) is 0 Å². The third kappa shape index (κ3) is 4.64. The van der Waals surface area contributed by atoms with Gasteiger partial charge in [-0.2, -0.15) is 5.10 Å². The van der Waals surface area contributed by atoms with E-state index in [4.69, 9.17) is 0 Å². The molecule has 0 saturated heterocycles. The van der Waals surface area contributed by atoms with Crippen LogP contribution in [0.4, 0.5) is 15.8 Å². The number of anilines is 2. The van der Waals surface area contributed by atoms with E-state index < -0.39 is 0 Å². The van der Waals surface area contributed by atoms with E-state index in [0.29, 0.717) is 5.92 Å². The molecule has 0 aliphatic heterocycles. The third-order valence-electron chi connectivity index (χ3n) is 4.40. The maximum atomic E-state index is 13.1. The normalized spacial score (nSPS) is 11.8. The maximum absolute atomic E-state index is 13.1. The molecule has 0 fully saturated rings. The lowest BCUT2D eigenvalue weighted by Crippen LogP contribution is -1.95. The molecular formula is C22H24FN3. The van der Waals surface area contributed by atoms with Gasteiger partial charge in [0.05, 0.1) is 23.0 Å². The summed E-state index contributed by atoms with van der Waals surface area (Å²) in [5.41, 5.74) is 3.60. The van der Waals surface area contributed by atoms with E-state index in [1.54, 1.807) is 18.3 Å². The fraction of sp³-hybridized carbons (Fsp3) is 0.318. The molecule has 0 bridgehead atoms. The average Bonchev–Trinajstić information content (AvgIpc) is 3.09. The van der Waals surface area contributed by atoms with E-state index >= 15 is 0 Å². The lowest BCUT2D eigenvalue weighted by molar-refractivity contribution is 0.588. The van der Waals surface area contributed by atoms with Gasteiger partial charge in [0, 0.05) is 17.0 Å². The van der Waals surface area contributed by atoms with E-state index in [2.05, 4.69) is 41.2 Å².